The molecule has 10 heteroatoms. The average molecular weight is 456 g/mol. The quantitative estimate of drug-likeness (QED) is 0.597. The van der Waals surface area contributed by atoms with Crippen molar-refractivity contribution in [1.82, 2.24) is 19.5 Å². The number of amides is 2. The van der Waals surface area contributed by atoms with Crippen LogP contribution in [0.15, 0.2) is 27.6 Å². The SMILES string of the molecule is CNCCN1CCN(S(=O)c2c(C(N)=O)[nH]c3ccc(Br)cc23)CCC1=O. The summed E-state index contributed by atoms with van der Waals surface area (Å²) in [5.74, 6) is -0.617. The Morgan fingerprint density at radius 1 is 1.37 bits per heavy atom. The number of likely N-dealkylation sites (N-methyl/N-ethyl adjacent to an activating group) is 1. The van der Waals surface area contributed by atoms with Crippen LogP contribution in [-0.2, 0) is 15.8 Å². The second kappa shape index (κ2) is 8.51. The number of H-pyrrole nitrogens is 1. The number of hydrogen-bond donors (Lipinski definition) is 3. The lowest BCUT2D eigenvalue weighted by Gasteiger charge is -2.21. The Bertz CT molecular complexity index is 900. The van der Waals surface area contributed by atoms with E-state index in [1.54, 1.807) is 15.3 Å². The summed E-state index contributed by atoms with van der Waals surface area (Å²) in [5, 5.41) is 3.71. The third-order valence-electron chi connectivity index (χ3n) is 4.55. The zero-order valence-electron chi connectivity index (χ0n) is 15.0. The topological polar surface area (TPSA) is 112 Å². The summed E-state index contributed by atoms with van der Waals surface area (Å²) >= 11 is 3.41. The predicted molar refractivity (Wildman–Crippen MR) is 108 cm³/mol. The molecule has 1 unspecified atom stereocenters. The lowest BCUT2D eigenvalue weighted by atomic mass is 10.2. The van der Waals surface area contributed by atoms with Gasteiger partial charge in [-0.3, -0.25) is 9.59 Å². The number of carbonyl (C=O) groups excluding carboxylic acids is 2. The Balaban J connectivity index is 1.91. The minimum absolute atomic E-state index is 0.0431. The Morgan fingerprint density at radius 2 is 2.15 bits per heavy atom. The molecule has 0 aliphatic carbocycles. The van der Waals surface area contributed by atoms with E-state index in [4.69, 9.17) is 5.73 Å². The number of fused-ring (bicyclic) bond motifs is 1. The molecular formula is C17H22BrN5O3S. The number of aromatic nitrogens is 1. The minimum Gasteiger partial charge on any atom is -0.364 e. The molecule has 2 heterocycles. The van der Waals surface area contributed by atoms with Gasteiger partial charge < -0.3 is 20.9 Å². The van der Waals surface area contributed by atoms with Gasteiger partial charge in [-0.05, 0) is 25.2 Å². The van der Waals surface area contributed by atoms with Gasteiger partial charge in [0.1, 0.15) is 16.7 Å². The van der Waals surface area contributed by atoms with Gasteiger partial charge in [0.25, 0.3) is 5.91 Å². The zero-order valence-corrected chi connectivity index (χ0v) is 17.4. The normalized spacial score (nSPS) is 17.3. The molecular weight excluding hydrogens is 434 g/mol. The van der Waals surface area contributed by atoms with Crippen LogP contribution in [0.4, 0.5) is 0 Å². The first-order chi connectivity index (χ1) is 12.9. The molecule has 1 aromatic heterocycles. The van der Waals surface area contributed by atoms with Crippen LogP contribution in [0, 0.1) is 0 Å². The Labute approximate surface area is 168 Å². The van der Waals surface area contributed by atoms with E-state index < -0.39 is 16.9 Å². The molecule has 0 spiro atoms. The summed E-state index contributed by atoms with van der Waals surface area (Å²) in [6.45, 7) is 2.63. The fourth-order valence-corrected chi connectivity index (χ4v) is 4.93. The summed E-state index contributed by atoms with van der Waals surface area (Å²) in [6.07, 6.45) is 0.285. The summed E-state index contributed by atoms with van der Waals surface area (Å²) in [4.78, 5) is 29.3. The highest BCUT2D eigenvalue weighted by molar-refractivity contribution is 9.10. The van der Waals surface area contributed by atoms with Crippen molar-refractivity contribution in [2.24, 2.45) is 5.73 Å². The van der Waals surface area contributed by atoms with E-state index in [2.05, 4.69) is 26.2 Å². The summed E-state index contributed by atoms with van der Waals surface area (Å²) in [7, 11) is 0.223. The zero-order chi connectivity index (χ0) is 19.6. The van der Waals surface area contributed by atoms with Gasteiger partial charge in [0.2, 0.25) is 5.91 Å². The summed E-state index contributed by atoms with van der Waals surface area (Å²) in [6, 6.07) is 5.45. The van der Waals surface area contributed by atoms with Crippen LogP contribution >= 0.6 is 15.9 Å². The number of aromatic amines is 1. The van der Waals surface area contributed by atoms with Gasteiger partial charge in [-0.2, -0.15) is 0 Å². The molecule has 2 amide bonds. The first-order valence-corrected chi connectivity index (χ1v) is 10.5. The molecule has 0 saturated carbocycles. The standard InChI is InChI=1S/C17H22BrN5O3S/c1-20-5-7-22-8-9-23(6-4-14(22)24)27(26)16-12-10-11(18)2-3-13(12)21-15(16)17(19)25/h2-3,10,20-21H,4-9H2,1H3,(H2,19,25). The maximum atomic E-state index is 13.3. The predicted octanol–water partition coefficient (Wildman–Crippen LogP) is 0.806. The van der Waals surface area contributed by atoms with E-state index in [1.165, 1.54) is 0 Å². The van der Waals surface area contributed by atoms with Crippen molar-refractivity contribution in [1.29, 1.82) is 0 Å². The molecule has 1 saturated heterocycles. The van der Waals surface area contributed by atoms with Crippen LogP contribution in [0.2, 0.25) is 0 Å². The molecule has 1 aliphatic heterocycles. The molecule has 1 fully saturated rings. The van der Waals surface area contributed by atoms with Crippen LogP contribution in [0.5, 0.6) is 0 Å². The van der Waals surface area contributed by atoms with E-state index in [9.17, 15) is 13.8 Å². The second-order valence-corrected chi connectivity index (χ2v) is 8.63. The third kappa shape index (κ3) is 4.23. The average Bonchev–Trinajstić information content (AvgIpc) is 2.91. The fourth-order valence-electron chi connectivity index (χ4n) is 3.12. The van der Waals surface area contributed by atoms with Gasteiger partial charge in [-0.15, -0.1) is 0 Å². The van der Waals surface area contributed by atoms with Crippen LogP contribution in [0.1, 0.15) is 16.9 Å². The third-order valence-corrected chi connectivity index (χ3v) is 6.65. The molecule has 3 rings (SSSR count). The van der Waals surface area contributed by atoms with Crippen molar-refractivity contribution in [2.45, 2.75) is 11.3 Å². The van der Waals surface area contributed by atoms with E-state index in [0.29, 0.717) is 48.5 Å². The first-order valence-electron chi connectivity index (χ1n) is 8.62. The van der Waals surface area contributed by atoms with Crippen molar-refractivity contribution in [3.8, 4) is 0 Å². The molecule has 0 bridgehead atoms. The number of nitrogens with zero attached hydrogens (tertiary/aromatic N) is 2. The number of carbonyl (C=O) groups is 2. The van der Waals surface area contributed by atoms with Crippen molar-refractivity contribution in [3.63, 3.8) is 0 Å². The molecule has 146 valence electrons. The molecule has 4 N–H and O–H groups in total. The highest BCUT2D eigenvalue weighted by Gasteiger charge is 2.29. The number of halogens is 1. The van der Waals surface area contributed by atoms with E-state index in [0.717, 1.165) is 4.47 Å². The Hall–Kier alpha value is -1.75. The first kappa shape index (κ1) is 20.0. The smallest absolute Gasteiger partial charge is 0.266 e. The van der Waals surface area contributed by atoms with Crippen molar-refractivity contribution >= 4 is 49.6 Å². The van der Waals surface area contributed by atoms with Crippen LogP contribution in [-0.4, -0.2) is 70.0 Å². The van der Waals surface area contributed by atoms with E-state index in [-0.39, 0.29) is 18.0 Å². The Kier molecular flexibility index (Phi) is 6.30. The van der Waals surface area contributed by atoms with Crippen molar-refractivity contribution < 1.29 is 13.8 Å². The number of hydrogen-bond acceptors (Lipinski definition) is 4. The van der Waals surface area contributed by atoms with Gasteiger partial charge >= 0.3 is 0 Å². The van der Waals surface area contributed by atoms with Gasteiger partial charge in [0.05, 0.1) is 4.90 Å². The molecule has 27 heavy (non-hydrogen) atoms. The largest absolute Gasteiger partial charge is 0.364 e. The van der Waals surface area contributed by atoms with E-state index >= 15 is 0 Å². The number of rotatable bonds is 6. The number of nitrogens with two attached hydrogens (primary N) is 1. The highest BCUT2D eigenvalue weighted by Crippen LogP contribution is 2.30. The number of benzene rings is 1. The van der Waals surface area contributed by atoms with Crippen molar-refractivity contribution in [3.05, 3.63) is 28.4 Å². The van der Waals surface area contributed by atoms with Gasteiger partial charge in [0.15, 0.2) is 0 Å². The maximum absolute atomic E-state index is 13.3. The number of primary amides is 1. The molecule has 1 atom stereocenters. The van der Waals surface area contributed by atoms with Crippen LogP contribution in [0.25, 0.3) is 10.9 Å². The van der Waals surface area contributed by atoms with Gasteiger partial charge in [-0.25, -0.2) is 8.51 Å². The Morgan fingerprint density at radius 3 is 2.85 bits per heavy atom. The second-order valence-electron chi connectivity index (χ2n) is 6.30. The molecule has 1 aliphatic rings. The molecule has 0 radical (unpaired) electrons. The van der Waals surface area contributed by atoms with E-state index in [1.807, 2.05) is 19.2 Å². The van der Waals surface area contributed by atoms with Crippen LogP contribution < -0.4 is 11.1 Å². The number of nitrogens with one attached hydrogen (secondary N) is 2. The van der Waals surface area contributed by atoms with Crippen LogP contribution in [0.3, 0.4) is 0 Å². The highest BCUT2D eigenvalue weighted by atomic mass is 79.9. The minimum atomic E-state index is -1.61. The lowest BCUT2D eigenvalue weighted by molar-refractivity contribution is -0.130. The summed E-state index contributed by atoms with van der Waals surface area (Å²) in [5.41, 5.74) is 6.34. The molecule has 8 nitrogen and oxygen atoms in total. The van der Waals surface area contributed by atoms with Crippen molar-refractivity contribution in [2.75, 3.05) is 39.8 Å². The van der Waals surface area contributed by atoms with Gasteiger partial charge in [0, 0.05) is 54.5 Å². The molecule has 1 aromatic carbocycles. The summed E-state index contributed by atoms with van der Waals surface area (Å²) < 4.78 is 15.9. The molecule has 2 aromatic rings. The fraction of sp³-hybridized carbons (Fsp3) is 0.412. The maximum Gasteiger partial charge on any atom is 0.266 e. The monoisotopic (exact) mass is 455 g/mol. The van der Waals surface area contributed by atoms with Gasteiger partial charge in [-0.1, -0.05) is 15.9 Å². The lowest BCUT2D eigenvalue weighted by Crippen LogP contribution is -2.37.